The fraction of sp³-hybridized carbons (Fsp3) is 0.286. The van der Waals surface area contributed by atoms with Gasteiger partial charge in [0, 0.05) is 22.7 Å². The number of carbonyl (C=O) groups is 1. The Morgan fingerprint density at radius 2 is 1.96 bits per heavy atom. The van der Waals surface area contributed by atoms with E-state index >= 15 is 0 Å². The number of benzene rings is 2. The summed E-state index contributed by atoms with van der Waals surface area (Å²) in [6.07, 6.45) is 2.25. The maximum absolute atomic E-state index is 12.6. The number of nitrogens with one attached hydrogen (secondary N) is 2. The van der Waals surface area contributed by atoms with Gasteiger partial charge in [-0.1, -0.05) is 30.3 Å². The van der Waals surface area contributed by atoms with Crippen molar-refractivity contribution in [1.82, 2.24) is 10.3 Å². The second-order valence-corrected chi connectivity index (χ2v) is 6.91. The summed E-state index contributed by atoms with van der Waals surface area (Å²) in [6, 6.07) is 14.0. The second-order valence-electron chi connectivity index (χ2n) is 6.91. The molecule has 4 nitrogen and oxygen atoms in total. The summed E-state index contributed by atoms with van der Waals surface area (Å²) in [5.74, 6) is 0.757. The van der Waals surface area contributed by atoms with Gasteiger partial charge in [0.05, 0.1) is 19.1 Å². The third-order valence-electron chi connectivity index (χ3n) is 4.51. The molecule has 0 spiro atoms. The van der Waals surface area contributed by atoms with E-state index in [1.54, 1.807) is 7.11 Å². The molecule has 0 radical (unpaired) electrons. The zero-order valence-corrected chi connectivity index (χ0v) is 15.1. The Labute approximate surface area is 148 Å². The van der Waals surface area contributed by atoms with Crippen molar-refractivity contribution in [1.29, 1.82) is 0 Å². The predicted octanol–water partition coefficient (Wildman–Crippen LogP) is 4.08. The number of H-pyrrole nitrogens is 1. The molecule has 0 aliphatic rings. The van der Waals surface area contributed by atoms with Crippen LogP contribution in [0.1, 0.15) is 30.5 Å². The minimum Gasteiger partial charge on any atom is -0.496 e. The van der Waals surface area contributed by atoms with Crippen LogP contribution >= 0.6 is 0 Å². The Morgan fingerprint density at radius 1 is 1.20 bits per heavy atom. The van der Waals surface area contributed by atoms with Crippen LogP contribution in [0.3, 0.4) is 0 Å². The molecule has 0 atom stereocenters. The van der Waals surface area contributed by atoms with Crippen LogP contribution in [0.15, 0.2) is 48.7 Å². The minimum absolute atomic E-state index is 0.0163. The van der Waals surface area contributed by atoms with Crippen LogP contribution in [0.2, 0.25) is 0 Å². The van der Waals surface area contributed by atoms with Gasteiger partial charge in [-0.3, -0.25) is 4.79 Å². The zero-order valence-electron chi connectivity index (χ0n) is 15.1. The van der Waals surface area contributed by atoms with Gasteiger partial charge < -0.3 is 15.0 Å². The average Bonchev–Trinajstić information content (AvgIpc) is 2.96. The van der Waals surface area contributed by atoms with E-state index in [9.17, 15) is 4.79 Å². The maximum Gasteiger partial charge on any atom is 0.225 e. The predicted molar refractivity (Wildman–Crippen MR) is 101 cm³/mol. The largest absolute Gasteiger partial charge is 0.496 e. The zero-order chi connectivity index (χ0) is 18.0. The molecule has 0 aliphatic carbocycles. The number of hydrogen-bond acceptors (Lipinski definition) is 2. The number of aryl methyl sites for hydroxylation is 1. The number of ether oxygens (including phenoxy) is 1. The van der Waals surface area contributed by atoms with Crippen LogP contribution in [-0.2, 0) is 16.8 Å². The van der Waals surface area contributed by atoms with Gasteiger partial charge >= 0.3 is 0 Å². The third-order valence-corrected chi connectivity index (χ3v) is 4.51. The van der Waals surface area contributed by atoms with Gasteiger partial charge in [-0.2, -0.15) is 0 Å². The highest BCUT2D eigenvalue weighted by molar-refractivity contribution is 5.89. The molecule has 2 N–H and O–H groups in total. The minimum atomic E-state index is -0.521. The maximum atomic E-state index is 12.6. The van der Waals surface area contributed by atoms with Gasteiger partial charge in [-0.15, -0.1) is 0 Å². The Kier molecular flexibility index (Phi) is 4.53. The van der Waals surface area contributed by atoms with Crippen molar-refractivity contribution >= 4 is 16.8 Å². The number of methoxy groups -OCH3 is 1. The lowest BCUT2D eigenvalue weighted by atomic mass is 9.93. The molecule has 1 heterocycles. The van der Waals surface area contributed by atoms with Gasteiger partial charge in [-0.25, -0.2) is 0 Å². The topological polar surface area (TPSA) is 54.1 Å². The molecule has 1 aromatic heterocycles. The van der Waals surface area contributed by atoms with Crippen molar-refractivity contribution in [3.63, 3.8) is 0 Å². The van der Waals surface area contributed by atoms with Crippen molar-refractivity contribution in [3.05, 3.63) is 65.4 Å². The molecule has 0 fully saturated rings. The molecule has 0 saturated carbocycles. The first-order valence-corrected chi connectivity index (χ1v) is 8.42. The summed E-state index contributed by atoms with van der Waals surface area (Å²) >= 11 is 0. The first-order chi connectivity index (χ1) is 11.9. The molecule has 4 heteroatoms. The van der Waals surface area contributed by atoms with E-state index in [1.807, 2.05) is 44.3 Å². The van der Waals surface area contributed by atoms with E-state index in [0.29, 0.717) is 6.42 Å². The molecule has 1 amide bonds. The lowest BCUT2D eigenvalue weighted by Crippen LogP contribution is -2.42. The highest BCUT2D eigenvalue weighted by Gasteiger charge is 2.26. The molecular formula is C21H24N2O2. The highest BCUT2D eigenvalue weighted by Crippen LogP contribution is 2.29. The monoisotopic (exact) mass is 336 g/mol. The summed E-state index contributed by atoms with van der Waals surface area (Å²) in [4.78, 5) is 15.9. The van der Waals surface area contributed by atoms with Crippen molar-refractivity contribution in [2.45, 2.75) is 32.7 Å². The van der Waals surface area contributed by atoms with Crippen LogP contribution in [0, 0.1) is 6.92 Å². The third kappa shape index (κ3) is 3.53. The molecular weight excluding hydrogens is 312 g/mol. The molecule has 130 valence electrons. The molecule has 0 unspecified atom stereocenters. The number of carbonyl (C=O) groups excluding carboxylic acids is 1. The van der Waals surface area contributed by atoms with E-state index in [0.717, 1.165) is 27.8 Å². The molecule has 25 heavy (non-hydrogen) atoms. The first-order valence-electron chi connectivity index (χ1n) is 8.42. The smallest absolute Gasteiger partial charge is 0.225 e. The van der Waals surface area contributed by atoms with Gasteiger partial charge in [0.15, 0.2) is 0 Å². The lowest BCUT2D eigenvalue weighted by Gasteiger charge is -2.28. The Morgan fingerprint density at radius 3 is 2.72 bits per heavy atom. The van der Waals surface area contributed by atoms with E-state index in [2.05, 4.69) is 35.4 Å². The van der Waals surface area contributed by atoms with Crippen LogP contribution in [0.4, 0.5) is 0 Å². The van der Waals surface area contributed by atoms with Gasteiger partial charge in [0.1, 0.15) is 5.75 Å². The number of aromatic nitrogens is 1. The molecule has 0 aliphatic heterocycles. The Hall–Kier alpha value is -2.75. The van der Waals surface area contributed by atoms with Gasteiger partial charge in [0.2, 0.25) is 5.91 Å². The fourth-order valence-corrected chi connectivity index (χ4v) is 3.24. The number of rotatable bonds is 5. The molecule has 3 aromatic rings. The summed E-state index contributed by atoms with van der Waals surface area (Å²) in [7, 11) is 1.64. The number of aromatic amines is 1. The average molecular weight is 336 g/mol. The Balaban J connectivity index is 1.79. The number of amides is 1. The van der Waals surface area contributed by atoms with Gasteiger partial charge in [-0.05, 0) is 44.0 Å². The van der Waals surface area contributed by atoms with E-state index in [-0.39, 0.29) is 5.91 Å². The lowest BCUT2D eigenvalue weighted by molar-refractivity contribution is -0.122. The summed E-state index contributed by atoms with van der Waals surface area (Å²) in [5, 5.41) is 4.22. The SMILES string of the molecule is COc1ccccc1C(C)(C)NC(=O)Cc1c[nH]c2cc(C)ccc12. The second kappa shape index (κ2) is 6.63. The van der Waals surface area contributed by atoms with Crippen molar-refractivity contribution in [2.75, 3.05) is 7.11 Å². The van der Waals surface area contributed by atoms with Crippen LogP contribution in [-0.4, -0.2) is 18.0 Å². The number of para-hydroxylation sites is 1. The van der Waals surface area contributed by atoms with Crippen molar-refractivity contribution < 1.29 is 9.53 Å². The fourth-order valence-electron chi connectivity index (χ4n) is 3.24. The quantitative estimate of drug-likeness (QED) is 0.738. The van der Waals surface area contributed by atoms with Crippen molar-refractivity contribution in [2.24, 2.45) is 0 Å². The van der Waals surface area contributed by atoms with Crippen LogP contribution in [0.25, 0.3) is 10.9 Å². The summed E-state index contributed by atoms with van der Waals surface area (Å²) in [6.45, 7) is 6.03. The van der Waals surface area contributed by atoms with Crippen LogP contribution in [0.5, 0.6) is 5.75 Å². The molecule has 0 saturated heterocycles. The standard InChI is InChI=1S/C21H24N2O2/c1-14-9-10-16-15(13-22-18(16)11-14)12-20(24)23-21(2,3)17-7-5-6-8-19(17)25-4/h5-11,13,22H,12H2,1-4H3,(H,23,24). The Bertz CT molecular complexity index is 909. The van der Waals surface area contributed by atoms with Crippen molar-refractivity contribution in [3.8, 4) is 5.75 Å². The van der Waals surface area contributed by atoms with Gasteiger partial charge in [0.25, 0.3) is 0 Å². The molecule has 3 rings (SSSR count). The molecule has 0 bridgehead atoms. The van der Waals surface area contributed by atoms with E-state index in [4.69, 9.17) is 4.74 Å². The van der Waals surface area contributed by atoms with E-state index < -0.39 is 5.54 Å². The normalized spacial score (nSPS) is 11.5. The number of hydrogen-bond donors (Lipinski definition) is 2. The van der Waals surface area contributed by atoms with Crippen LogP contribution < -0.4 is 10.1 Å². The summed E-state index contributed by atoms with van der Waals surface area (Å²) in [5.41, 5.74) is 3.70. The van der Waals surface area contributed by atoms with E-state index in [1.165, 1.54) is 5.56 Å². The number of fused-ring (bicyclic) bond motifs is 1. The first kappa shape index (κ1) is 17.1. The highest BCUT2D eigenvalue weighted by atomic mass is 16.5. The summed E-state index contributed by atoms with van der Waals surface area (Å²) < 4.78 is 5.43. The molecule has 2 aromatic carbocycles.